The predicted molar refractivity (Wildman–Crippen MR) is 146 cm³/mol. The molecule has 0 saturated heterocycles. The fourth-order valence-electron chi connectivity index (χ4n) is 6.06. The Morgan fingerprint density at radius 1 is 0.811 bits per heavy atom. The van der Waals surface area contributed by atoms with Gasteiger partial charge in [0.05, 0.1) is 28.8 Å². The Morgan fingerprint density at radius 3 is 2.27 bits per heavy atom. The van der Waals surface area contributed by atoms with Crippen LogP contribution in [0.4, 0.5) is 0 Å². The second-order valence-electron chi connectivity index (χ2n) is 10.2. The molecule has 3 aromatic carbocycles. The first-order chi connectivity index (χ1) is 18.1. The van der Waals surface area contributed by atoms with E-state index in [0.29, 0.717) is 22.6 Å². The molecule has 1 aliphatic carbocycles. The van der Waals surface area contributed by atoms with Crippen LogP contribution >= 0.6 is 0 Å². The van der Waals surface area contributed by atoms with Crippen LogP contribution in [0.2, 0.25) is 0 Å². The molecule has 0 unspecified atom stereocenters. The average molecular weight is 483 g/mol. The van der Waals surface area contributed by atoms with E-state index in [2.05, 4.69) is 54.0 Å². The molecule has 2 aromatic heterocycles. The highest BCUT2D eigenvalue weighted by atomic mass is 16.3. The van der Waals surface area contributed by atoms with E-state index in [0.717, 1.165) is 62.7 Å². The smallest absolute Gasteiger partial charge is 0.216 e. The lowest BCUT2D eigenvalue weighted by molar-refractivity contribution is -0.660. The zero-order chi connectivity index (χ0) is 25.5. The first-order valence-corrected chi connectivity index (χ1v) is 13.0. The molecular weight excluding hydrogens is 454 g/mol. The van der Waals surface area contributed by atoms with Gasteiger partial charge in [-0.2, -0.15) is 10.5 Å². The number of benzene rings is 3. The second-order valence-corrected chi connectivity index (χ2v) is 10.2. The maximum atomic E-state index is 10.1. The number of hydrogen-bond acceptors (Lipinski definition) is 3. The number of pyridine rings is 1. The molecule has 37 heavy (non-hydrogen) atoms. The molecule has 1 fully saturated rings. The third kappa shape index (κ3) is 3.78. The number of aryl methyl sites for hydroxylation is 2. The van der Waals surface area contributed by atoms with Gasteiger partial charge < -0.3 is 4.42 Å². The SMILES string of the molecule is Cc1ccc2c(oc3c(-c4ccc(C5CCCCC5)c(C#N)c4)c(C#N)ccc32)c1-c1cccc[n+]1C. The zero-order valence-electron chi connectivity index (χ0n) is 21.2. The maximum absolute atomic E-state index is 10.1. The summed E-state index contributed by atoms with van der Waals surface area (Å²) in [5.74, 6) is 0.437. The van der Waals surface area contributed by atoms with E-state index in [-0.39, 0.29) is 0 Å². The summed E-state index contributed by atoms with van der Waals surface area (Å²) in [7, 11) is 2.03. The molecule has 0 bridgehead atoms. The highest BCUT2D eigenvalue weighted by Crippen LogP contribution is 2.43. The van der Waals surface area contributed by atoms with Crippen molar-refractivity contribution in [2.45, 2.75) is 44.9 Å². The van der Waals surface area contributed by atoms with Crippen LogP contribution in [0.5, 0.6) is 0 Å². The number of fused-ring (bicyclic) bond motifs is 3. The summed E-state index contributed by atoms with van der Waals surface area (Å²) in [6.07, 6.45) is 8.01. The number of aromatic nitrogens is 1. The Labute approximate surface area is 217 Å². The number of nitriles is 2. The standard InChI is InChI=1S/C33H28N3O/c1-21-11-14-27-28-16-13-24(19-34)31(33(28)37-32(27)30(21)29-10-6-7-17-36(29)2)23-12-15-26(25(18-23)20-35)22-8-4-3-5-9-22/h6-7,10-18,22H,3-5,8-9H2,1-2H3/q+1. The van der Waals surface area contributed by atoms with Crippen molar-refractivity contribution in [3.05, 3.63) is 89.1 Å². The van der Waals surface area contributed by atoms with Crippen molar-refractivity contribution in [3.8, 4) is 34.5 Å². The van der Waals surface area contributed by atoms with Gasteiger partial charge in [0.2, 0.25) is 5.69 Å². The Morgan fingerprint density at radius 2 is 1.54 bits per heavy atom. The number of hydrogen-bond donors (Lipinski definition) is 0. The maximum Gasteiger partial charge on any atom is 0.216 e. The van der Waals surface area contributed by atoms with E-state index in [1.54, 1.807) is 0 Å². The quantitative estimate of drug-likeness (QED) is 0.246. The summed E-state index contributed by atoms with van der Waals surface area (Å²) in [5.41, 5.74) is 8.72. The Balaban J connectivity index is 1.61. The third-order valence-electron chi connectivity index (χ3n) is 7.96. The number of furan rings is 1. The summed E-state index contributed by atoms with van der Waals surface area (Å²) in [5, 5.41) is 22.1. The van der Waals surface area contributed by atoms with Crippen LogP contribution in [0.3, 0.4) is 0 Å². The van der Waals surface area contributed by atoms with Crippen molar-refractivity contribution in [1.82, 2.24) is 0 Å². The molecule has 0 spiro atoms. The third-order valence-corrected chi connectivity index (χ3v) is 7.96. The average Bonchev–Trinajstić information content (AvgIpc) is 3.31. The van der Waals surface area contributed by atoms with Gasteiger partial charge in [-0.15, -0.1) is 0 Å². The van der Waals surface area contributed by atoms with Crippen LogP contribution in [0.15, 0.2) is 71.3 Å². The van der Waals surface area contributed by atoms with Crippen molar-refractivity contribution < 1.29 is 8.98 Å². The lowest BCUT2D eigenvalue weighted by Crippen LogP contribution is -2.30. The van der Waals surface area contributed by atoms with Crippen LogP contribution in [0.1, 0.15) is 60.3 Å². The molecule has 2 heterocycles. The van der Waals surface area contributed by atoms with E-state index in [1.165, 1.54) is 19.3 Å². The van der Waals surface area contributed by atoms with Crippen LogP contribution in [0, 0.1) is 29.6 Å². The Hall–Kier alpha value is -4.41. The van der Waals surface area contributed by atoms with Crippen molar-refractivity contribution in [1.29, 1.82) is 10.5 Å². The summed E-state index contributed by atoms with van der Waals surface area (Å²) in [6.45, 7) is 2.10. The fraction of sp³-hybridized carbons (Fsp3) is 0.242. The van der Waals surface area contributed by atoms with Gasteiger partial charge in [0, 0.05) is 28.5 Å². The van der Waals surface area contributed by atoms with E-state index in [4.69, 9.17) is 4.42 Å². The molecule has 4 heteroatoms. The van der Waals surface area contributed by atoms with Gasteiger partial charge in [-0.05, 0) is 66.6 Å². The van der Waals surface area contributed by atoms with E-state index in [9.17, 15) is 10.5 Å². The first-order valence-electron chi connectivity index (χ1n) is 13.0. The lowest BCUT2D eigenvalue weighted by atomic mass is 9.81. The summed E-state index contributed by atoms with van der Waals surface area (Å²) >= 11 is 0. The van der Waals surface area contributed by atoms with Crippen LogP contribution < -0.4 is 4.57 Å². The molecule has 0 amide bonds. The van der Waals surface area contributed by atoms with Crippen molar-refractivity contribution in [2.24, 2.45) is 7.05 Å². The minimum Gasteiger partial charge on any atom is -0.454 e. The van der Waals surface area contributed by atoms with Gasteiger partial charge in [-0.1, -0.05) is 43.5 Å². The van der Waals surface area contributed by atoms with Crippen molar-refractivity contribution in [3.63, 3.8) is 0 Å². The minimum atomic E-state index is 0.437. The second kappa shape index (κ2) is 9.23. The molecule has 1 saturated carbocycles. The van der Waals surface area contributed by atoms with Gasteiger partial charge in [-0.3, -0.25) is 0 Å². The fourth-order valence-corrected chi connectivity index (χ4v) is 6.06. The van der Waals surface area contributed by atoms with E-state index < -0.39 is 0 Å². The number of nitrogens with zero attached hydrogens (tertiary/aromatic N) is 3. The molecule has 6 rings (SSSR count). The van der Waals surface area contributed by atoms with Crippen LogP contribution in [-0.4, -0.2) is 0 Å². The molecule has 0 radical (unpaired) electrons. The van der Waals surface area contributed by atoms with E-state index in [1.807, 2.05) is 43.6 Å². The Kier molecular flexibility index (Phi) is 5.74. The Bertz CT molecular complexity index is 1760. The molecule has 0 N–H and O–H groups in total. The van der Waals surface area contributed by atoms with Crippen molar-refractivity contribution in [2.75, 3.05) is 0 Å². The van der Waals surface area contributed by atoms with Crippen LogP contribution in [-0.2, 0) is 7.05 Å². The molecule has 5 aromatic rings. The highest BCUT2D eigenvalue weighted by molar-refractivity contribution is 6.14. The molecule has 1 aliphatic rings. The molecular formula is C33H28N3O+. The highest BCUT2D eigenvalue weighted by Gasteiger charge is 2.24. The predicted octanol–water partition coefficient (Wildman–Crippen LogP) is 7.84. The monoisotopic (exact) mass is 482 g/mol. The molecule has 180 valence electrons. The largest absolute Gasteiger partial charge is 0.454 e. The molecule has 0 atom stereocenters. The topological polar surface area (TPSA) is 64.6 Å². The van der Waals surface area contributed by atoms with Crippen LogP contribution in [0.25, 0.3) is 44.3 Å². The zero-order valence-corrected chi connectivity index (χ0v) is 21.2. The minimum absolute atomic E-state index is 0.437. The van der Waals surface area contributed by atoms with Gasteiger partial charge in [0.1, 0.15) is 18.2 Å². The van der Waals surface area contributed by atoms with Gasteiger partial charge in [0.25, 0.3) is 0 Å². The van der Waals surface area contributed by atoms with Gasteiger partial charge in [0.15, 0.2) is 6.20 Å². The normalized spacial score (nSPS) is 14.1. The summed E-state index contributed by atoms with van der Waals surface area (Å²) in [6, 6.07) is 25.2. The summed E-state index contributed by atoms with van der Waals surface area (Å²) in [4.78, 5) is 0. The molecule has 4 nitrogen and oxygen atoms in total. The van der Waals surface area contributed by atoms with Gasteiger partial charge in [-0.25, -0.2) is 4.57 Å². The first kappa shape index (κ1) is 23.0. The van der Waals surface area contributed by atoms with Gasteiger partial charge >= 0.3 is 0 Å². The lowest BCUT2D eigenvalue weighted by Gasteiger charge is -2.23. The number of rotatable bonds is 3. The summed E-state index contributed by atoms with van der Waals surface area (Å²) < 4.78 is 8.77. The van der Waals surface area contributed by atoms with Crippen molar-refractivity contribution >= 4 is 21.9 Å². The van der Waals surface area contributed by atoms with E-state index >= 15 is 0 Å². The molecule has 0 aliphatic heterocycles.